The van der Waals surface area contributed by atoms with E-state index in [0.717, 1.165) is 12.1 Å². The molecule has 1 atom stereocenters. The molecule has 0 bridgehead atoms. The first-order chi connectivity index (χ1) is 9.95. The van der Waals surface area contributed by atoms with Crippen LogP contribution < -0.4 is 5.32 Å². The summed E-state index contributed by atoms with van der Waals surface area (Å²) in [5.74, 6) is -0.160. The van der Waals surface area contributed by atoms with Crippen molar-refractivity contribution in [2.24, 2.45) is 0 Å². The molecule has 0 fully saturated rings. The predicted molar refractivity (Wildman–Crippen MR) is 87.1 cm³/mol. The second-order valence-electron chi connectivity index (χ2n) is 6.35. The summed E-state index contributed by atoms with van der Waals surface area (Å²) in [5, 5.41) is 3.43. The van der Waals surface area contributed by atoms with Crippen molar-refractivity contribution in [2.45, 2.75) is 39.2 Å². The highest BCUT2D eigenvalue weighted by atomic mass is 19.1. The largest absolute Gasteiger partial charge is 0.306 e. The lowest BCUT2D eigenvalue weighted by Gasteiger charge is -2.28. The molecule has 2 heteroatoms. The first-order valence-electron chi connectivity index (χ1n) is 7.52. The van der Waals surface area contributed by atoms with E-state index in [1.807, 2.05) is 25.1 Å². The van der Waals surface area contributed by atoms with Crippen molar-refractivity contribution in [1.29, 1.82) is 0 Å². The van der Waals surface area contributed by atoms with E-state index in [-0.39, 0.29) is 17.3 Å². The van der Waals surface area contributed by atoms with Crippen LogP contribution in [0.2, 0.25) is 0 Å². The van der Waals surface area contributed by atoms with Crippen LogP contribution in [0.3, 0.4) is 0 Å². The molecule has 0 aliphatic heterocycles. The summed E-state index contributed by atoms with van der Waals surface area (Å²) in [6, 6.07) is 15.2. The molecule has 0 aromatic heterocycles. The Morgan fingerprint density at radius 2 is 1.52 bits per heavy atom. The van der Waals surface area contributed by atoms with Gasteiger partial charge in [0.2, 0.25) is 0 Å². The van der Waals surface area contributed by atoms with Gasteiger partial charge in [-0.3, -0.25) is 0 Å². The molecule has 0 saturated heterocycles. The molecule has 1 N–H and O–H groups in total. The Kier molecular flexibility index (Phi) is 4.79. The summed E-state index contributed by atoms with van der Waals surface area (Å²) < 4.78 is 14.2. The SMILES string of the molecule is CCNC(c1ccccc1F)c1ccccc1C(C)(C)C. The highest BCUT2D eigenvalue weighted by Crippen LogP contribution is 2.33. The van der Waals surface area contributed by atoms with Gasteiger partial charge in [0.15, 0.2) is 0 Å². The topological polar surface area (TPSA) is 12.0 Å². The molecule has 0 amide bonds. The fourth-order valence-electron chi connectivity index (χ4n) is 2.73. The highest BCUT2D eigenvalue weighted by molar-refractivity contribution is 5.41. The summed E-state index contributed by atoms with van der Waals surface area (Å²) in [4.78, 5) is 0. The van der Waals surface area contributed by atoms with Crippen molar-refractivity contribution in [3.05, 3.63) is 71.0 Å². The van der Waals surface area contributed by atoms with Crippen molar-refractivity contribution in [2.75, 3.05) is 6.54 Å². The summed E-state index contributed by atoms with van der Waals surface area (Å²) >= 11 is 0. The third kappa shape index (κ3) is 3.51. The molecule has 2 aromatic carbocycles. The van der Waals surface area contributed by atoms with E-state index < -0.39 is 0 Å². The number of benzene rings is 2. The van der Waals surface area contributed by atoms with Crippen LogP contribution in [0, 0.1) is 5.82 Å². The predicted octanol–water partition coefficient (Wildman–Crippen LogP) is 4.82. The van der Waals surface area contributed by atoms with Gasteiger partial charge in [0.1, 0.15) is 5.82 Å². The lowest BCUT2D eigenvalue weighted by atomic mass is 9.80. The highest BCUT2D eigenvalue weighted by Gasteiger charge is 2.24. The summed E-state index contributed by atoms with van der Waals surface area (Å²) in [6.45, 7) is 9.41. The summed E-state index contributed by atoms with van der Waals surface area (Å²) in [5.41, 5.74) is 3.13. The molecule has 2 aromatic rings. The summed E-state index contributed by atoms with van der Waals surface area (Å²) in [6.07, 6.45) is 0. The molecule has 0 aliphatic carbocycles. The van der Waals surface area contributed by atoms with Gasteiger partial charge in [-0.2, -0.15) is 0 Å². The number of nitrogens with one attached hydrogen (secondary N) is 1. The lowest BCUT2D eigenvalue weighted by molar-refractivity contribution is 0.534. The molecule has 0 radical (unpaired) electrons. The van der Waals surface area contributed by atoms with Crippen molar-refractivity contribution in [3.63, 3.8) is 0 Å². The fraction of sp³-hybridized carbons (Fsp3) is 0.368. The third-order valence-corrected chi connectivity index (χ3v) is 3.70. The Hall–Kier alpha value is -1.67. The second-order valence-corrected chi connectivity index (χ2v) is 6.35. The van der Waals surface area contributed by atoms with Gasteiger partial charge >= 0.3 is 0 Å². The quantitative estimate of drug-likeness (QED) is 0.849. The van der Waals surface area contributed by atoms with Gasteiger partial charge in [-0.1, -0.05) is 70.2 Å². The molecule has 0 saturated carbocycles. The first-order valence-corrected chi connectivity index (χ1v) is 7.52. The minimum absolute atomic E-state index is 0.0233. The Balaban J connectivity index is 2.57. The van der Waals surface area contributed by atoms with Gasteiger partial charge in [0, 0.05) is 5.56 Å². The van der Waals surface area contributed by atoms with Gasteiger partial charge in [0.25, 0.3) is 0 Å². The van der Waals surface area contributed by atoms with E-state index >= 15 is 0 Å². The Morgan fingerprint density at radius 3 is 2.10 bits per heavy atom. The average molecular weight is 285 g/mol. The van der Waals surface area contributed by atoms with Gasteiger partial charge in [-0.05, 0) is 29.2 Å². The van der Waals surface area contributed by atoms with E-state index in [0.29, 0.717) is 5.56 Å². The van der Waals surface area contributed by atoms with Gasteiger partial charge < -0.3 is 5.32 Å². The Labute approximate surface area is 127 Å². The molecule has 112 valence electrons. The Bertz CT molecular complexity index is 599. The van der Waals surface area contributed by atoms with Crippen LogP contribution in [-0.4, -0.2) is 6.54 Å². The molecule has 1 nitrogen and oxygen atoms in total. The molecule has 0 aliphatic rings. The van der Waals surface area contributed by atoms with Crippen molar-refractivity contribution in [1.82, 2.24) is 5.32 Å². The number of halogens is 1. The zero-order valence-electron chi connectivity index (χ0n) is 13.3. The lowest BCUT2D eigenvalue weighted by Crippen LogP contribution is -2.26. The number of rotatable bonds is 4. The van der Waals surface area contributed by atoms with Gasteiger partial charge in [-0.25, -0.2) is 4.39 Å². The van der Waals surface area contributed by atoms with Crippen LogP contribution in [0.5, 0.6) is 0 Å². The molecule has 21 heavy (non-hydrogen) atoms. The maximum atomic E-state index is 14.2. The summed E-state index contributed by atoms with van der Waals surface area (Å²) in [7, 11) is 0. The third-order valence-electron chi connectivity index (χ3n) is 3.70. The maximum absolute atomic E-state index is 14.2. The second kappa shape index (κ2) is 6.40. The fourth-order valence-corrected chi connectivity index (χ4v) is 2.73. The van der Waals surface area contributed by atoms with Crippen LogP contribution >= 0.6 is 0 Å². The molecule has 2 rings (SSSR count). The van der Waals surface area contributed by atoms with Crippen LogP contribution in [0.4, 0.5) is 4.39 Å². The van der Waals surface area contributed by atoms with Gasteiger partial charge in [0.05, 0.1) is 6.04 Å². The van der Waals surface area contributed by atoms with E-state index in [9.17, 15) is 4.39 Å². The van der Waals surface area contributed by atoms with E-state index in [4.69, 9.17) is 0 Å². The average Bonchev–Trinajstić information content (AvgIpc) is 2.45. The zero-order chi connectivity index (χ0) is 15.5. The smallest absolute Gasteiger partial charge is 0.128 e. The molecular weight excluding hydrogens is 261 g/mol. The normalized spacial score (nSPS) is 13.2. The van der Waals surface area contributed by atoms with Crippen molar-refractivity contribution >= 4 is 0 Å². The number of hydrogen-bond donors (Lipinski definition) is 1. The zero-order valence-corrected chi connectivity index (χ0v) is 13.3. The maximum Gasteiger partial charge on any atom is 0.128 e. The van der Waals surface area contributed by atoms with Crippen LogP contribution in [0.25, 0.3) is 0 Å². The standard InChI is InChI=1S/C19H24FN/c1-5-21-18(15-11-7-9-13-17(15)20)14-10-6-8-12-16(14)19(2,3)4/h6-13,18,21H,5H2,1-4H3. The number of hydrogen-bond acceptors (Lipinski definition) is 1. The Morgan fingerprint density at radius 1 is 0.952 bits per heavy atom. The molecule has 0 heterocycles. The molecule has 1 unspecified atom stereocenters. The van der Waals surface area contributed by atoms with Crippen LogP contribution in [-0.2, 0) is 5.41 Å². The molecule has 0 spiro atoms. The molecular formula is C19H24FN. The first kappa shape index (κ1) is 15.7. The van der Waals surface area contributed by atoms with E-state index in [1.54, 1.807) is 6.07 Å². The van der Waals surface area contributed by atoms with Crippen LogP contribution in [0.1, 0.15) is 50.4 Å². The van der Waals surface area contributed by atoms with Crippen LogP contribution in [0.15, 0.2) is 48.5 Å². The monoisotopic (exact) mass is 285 g/mol. The van der Waals surface area contributed by atoms with Crippen molar-refractivity contribution in [3.8, 4) is 0 Å². The van der Waals surface area contributed by atoms with Crippen molar-refractivity contribution < 1.29 is 4.39 Å². The minimum atomic E-state index is -0.160. The van der Waals surface area contributed by atoms with E-state index in [2.05, 4.69) is 44.3 Å². The minimum Gasteiger partial charge on any atom is -0.306 e. The van der Waals surface area contributed by atoms with Gasteiger partial charge in [-0.15, -0.1) is 0 Å². The van der Waals surface area contributed by atoms with E-state index in [1.165, 1.54) is 11.6 Å².